The summed E-state index contributed by atoms with van der Waals surface area (Å²) in [5.74, 6) is -3.02. The molecule has 0 radical (unpaired) electrons. The molecule has 0 bridgehead atoms. The number of likely N-dealkylation sites (N-methyl/N-ethyl adjacent to an activating group) is 2. The van der Waals surface area contributed by atoms with Crippen LogP contribution in [0.15, 0.2) is 59.0 Å². The number of hydrogen-bond acceptors (Lipinski definition) is 7. The van der Waals surface area contributed by atoms with E-state index < -0.39 is 38.9 Å². The summed E-state index contributed by atoms with van der Waals surface area (Å²) in [5, 5.41) is 11.6. The number of anilines is 1. The molecule has 0 unspecified atom stereocenters. The summed E-state index contributed by atoms with van der Waals surface area (Å²) in [7, 11) is 1.36. The molecule has 0 saturated carbocycles. The van der Waals surface area contributed by atoms with E-state index in [0.717, 1.165) is 19.3 Å². The molecule has 10 nitrogen and oxygen atoms in total. The smallest absolute Gasteiger partial charge is 0.296 e. The van der Waals surface area contributed by atoms with Gasteiger partial charge in [0.2, 0.25) is 10.0 Å². The molecule has 3 heterocycles. The maximum atomic E-state index is 14.0. The predicted molar refractivity (Wildman–Crippen MR) is 145 cm³/mol. The lowest BCUT2D eigenvalue weighted by Gasteiger charge is -2.34. The van der Waals surface area contributed by atoms with Gasteiger partial charge >= 0.3 is 0 Å². The fourth-order valence-electron chi connectivity index (χ4n) is 5.77. The SMILES string of the molecule is CN(C)CCN1C(=O)C(=O)C(=C(O)c2cccc(S(=O)(=O)N3CCCCC3)c2)[C@]12C(=O)N(C)c1ccccc12. The molecule has 2 aromatic rings. The van der Waals surface area contributed by atoms with Crippen molar-refractivity contribution >= 4 is 39.1 Å². The molecule has 2 amide bonds. The molecule has 3 aliphatic rings. The number of amides is 2. The second kappa shape index (κ2) is 9.89. The van der Waals surface area contributed by atoms with E-state index in [9.17, 15) is 27.9 Å². The van der Waals surface area contributed by atoms with Gasteiger partial charge in [-0.3, -0.25) is 14.4 Å². The van der Waals surface area contributed by atoms with Crippen molar-refractivity contribution in [3.63, 3.8) is 0 Å². The Morgan fingerprint density at radius 3 is 2.38 bits per heavy atom. The van der Waals surface area contributed by atoms with Crippen LogP contribution in [0.3, 0.4) is 0 Å². The highest BCUT2D eigenvalue weighted by molar-refractivity contribution is 7.89. The van der Waals surface area contributed by atoms with Crippen molar-refractivity contribution in [1.82, 2.24) is 14.1 Å². The number of aliphatic hydroxyl groups excluding tert-OH is 1. The molecule has 39 heavy (non-hydrogen) atoms. The number of nitrogens with zero attached hydrogens (tertiary/aromatic N) is 4. The fraction of sp³-hybridized carbons (Fsp3) is 0.393. The zero-order valence-electron chi connectivity index (χ0n) is 22.3. The van der Waals surface area contributed by atoms with Crippen molar-refractivity contribution < 1.29 is 27.9 Å². The van der Waals surface area contributed by atoms with Gasteiger partial charge in [-0.2, -0.15) is 4.31 Å². The minimum atomic E-state index is -3.83. The molecule has 2 saturated heterocycles. The number of likely N-dealkylation sites (tertiary alicyclic amines) is 1. The number of Topliss-reactive ketones (excluding diaryl/α,β-unsaturated/α-hetero) is 1. The first-order valence-corrected chi connectivity index (χ1v) is 14.4. The van der Waals surface area contributed by atoms with E-state index in [2.05, 4.69) is 0 Å². The lowest BCUT2D eigenvalue weighted by molar-refractivity contribution is -0.143. The van der Waals surface area contributed by atoms with Crippen LogP contribution in [-0.2, 0) is 29.9 Å². The Bertz CT molecular complexity index is 1490. The number of rotatable bonds is 6. The van der Waals surface area contributed by atoms with Crippen molar-refractivity contribution in [2.75, 3.05) is 52.2 Å². The van der Waals surface area contributed by atoms with E-state index in [0.29, 0.717) is 30.9 Å². The molecule has 3 aliphatic heterocycles. The summed E-state index contributed by atoms with van der Waals surface area (Å²) in [6.45, 7) is 1.26. The number of sulfonamides is 1. The Labute approximate surface area is 228 Å². The average Bonchev–Trinajstić information content (AvgIpc) is 3.30. The van der Waals surface area contributed by atoms with Crippen molar-refractivity contribution in [3.05, 3.63) is 65.2 Å². The number of fused-ring (bicyclic) bond motifs is 2. The van der Waals surface area contributed by atoms with Gasteiger partial charge in [0.1, 0.15) is 5.76 Å². The average molecular weight is 553 g/mol. The van der Waals surface area contributed by atoms with E-state index >= 15 is 0 Å². The van der Waals surface area contributed by atoms with Gasteiger partial charge in [-0.05, 0) is 45.1 Å². The molecule has 1 atom stereocenters. The predicted octanol–water partition coefficient (Wildman–Crippen LogP) is 1.98. The number of ketones is 1. The van der Waals surface area contributed by atoms with Crippen LogP contribution >= 0.6 is 0 Å². The Morgan fingerprint density at radius 1 is 1.00 bits per heavy atom. The van der Waals surface area contributed by atoms with Crippen molar-refractivity contribution in [2.24, 2.45) is 0 Å². The highest BCUT2D eigenvalue weighted by Gasteiger charge is 2.66. The molecule has 2 fully saturated rings. The highest BCUT2D eigenvalue weighted by atomic mass is 32.2. The van der Waals surface area contributed by atoms with Gasteiger partial charge < -0.3 is 19.8 Å². The second-order valence-electron chi connectivity index (χ2n) is 10.4. The summed E-state index contributed by atoms with van der Waals surface area (Å²) in [6.07, 6.45) is 2.50. The van der Waals surface area contributed by atoms with E-state index in [4.69, 9.17) is 0 Å². The molecule has 2 aromatic carbocycles. The topological polar surface area (TPSA) is 119 Å². The van der Waals surface area contributed by atoms with Crippen LogP contribution in [0, 0.1) is 0 Å². The van der Waals surface area contributed by atoms with Gasteiger partial charge in [0.05, 0.1) is 10.5 Å². The van der Waals surface area contributed by atoms with Crippen LogP contribution in [0.25, 0.3) is 5.76 Å². The van der Waals surface area contributed by atoms with E-state index in [-0.39, 0.29) is 22.6 Å². The van der Waals surface area contributed by atoms with Gasteiger partial charge in [0.25, 0.3) is 17.6 Å². The molecule has 1 N–H and O–H groups in total. The first-order valence-electron chi connectivity index (χ1n) is 13.0. The maximum Gasteiger partial charge on any atom is 0.296 e. The van der Waals surface area contributed by atoms with E-state index in [1.165, 1.54) is 38.4 Å². The molecular formula is C28H32N4O6S. The summed E-state index contributed by atoms with van der Waals surface area (Å²) in [4.78, 5) is 45.5. The number of carbonyl (C=O) groups excluding carboxylic acids is 3. The number of carbonyl (C=O) groups is 3. The lowest BCUT2D eigenvalue weighted by Crippen LogP contribution is -2.52. The Balaban J connectivity index is 1.71. The zero-order valence-corrected chi connectivity index (χ0v) is 23.1. The molecule has 0 aliphatic carbocycles. The van der Waals surface area contributed by atoms with E-state index in [1.807, 2.05) is 19.0 Å². The standard InChI is InChI=1S/C28H32N4O6S/c1-29(2)16-17-32-26(35)25(34)23(28(32)21-12-5-6-13-22(21)30(3)27(28)36)24(33)19-10-9-11-20(18-19)39(37,38)31-14-7-4-8-15-31/h5-6,9-13,18,33H,4,7-8,14-17H2,1-3H3/t28-/m1/s1. The lowest BCUT2D eigenvalue weighted by atomic mass is 9.82. The second-order valence-corrected chi connectivity index (χ2v) is 12.3. The Kier molecular flexibility index (Phi) is 6.86. The molecule has 206 valence electrons. The summed E-state index contributed by atoms with van der Waals surface area (Å²) >= 11 is 0. The minimum absolute atomic E-state index is 0.0281. The van der Waals surface area contributed by atoms with E-state index in [1.54, 1.807) is 31.3 Å². The summed E-state index contributed by atoms with van der Waals surface area (Å²) in [6, 6.07) is 12.6. The highest BCUT2D eigenvalue weighted by Crippen LogP contribution is 2.53. The number of hydrogen-bond donors (Lipinski definition) is 1. The molecule has 5 rings (SSSR count). The fourth-order valence-corrected chi connectivity index (χ4v) is 7.34. The summed E-state index contributed by atoms with van der Waals surface area (Å²) < 4.78 is 28.1. The maximum absolute atomic E-state index is 14.0. The van der Waals surface area contributed by atoms with Crippen LogP contribution in [-0.4, -0.2) is 92.5 Å². The van der Waals surface area contributed by atoms with Crippen molar-refractivity contribution in [1.29, 1.82) is 0 Å². The minimum Gasteiger partial charge on any atom is -0.507 e. The van der Waals surface area contributed by atoms with Gasteiger partial charge in [-0.15, -0.1) is 0 Å². The molecule has 11 heteroatoms. The Morgan fingerprint density at radius 2 is 1.69 bits per heavy atom. The summed E-state index contributed by atoms with van der Waals surface area (Å²) in [5.41, 5.74) is -1.26. The number of piperidine rings is 1. The first-order chi connectivity index (χ1) is 18.5. The monoisotopic (exact) mass is 552 g/mol. The van der Waals surface area contributed by atoms with Crippen molar-refractivity contribution in [3.8, 4) is 0 Å². The van der Waals surface area contributed by atoms with Crippen LogP contribution in [0.2, 0.25) is 0 Å². The van der Waals surface area contributed by atoms with Crippen LogP contribution < -0.4 is 4.90 Å². The number of para-hydroxylation sites is 1. The van der Waals surface area contributed by atoms with Gasteiger partial charge in [-0.25, -0.2) is 8.42 Å². The third-order valence-electron chi connectivity index (χ3n) is 7.77. The first kappa shape index (κ1) is 27.0. The van der Waals surface area contributed by atoms with Gasteiger partial charge in [0, 0.05) is 50.0 Å². The number of aliphatic hydroxyl groups is 1. The van der Waals surface area contributed by atoms with Crippen molar-refractivity contribution in [2.45, 2.75) is 29.7 Å². The molecule has 0 aromatic heterocycles. The van der Waals surface area contributed by atoms with Crippen LogP contribution in [0.1, 0.15) is 30.4 Å². The Hall–Kier alpha value is -3.54. The van der Waals surface area contributed by atoms with Crippen LogP contribution in [0.5, 0.6) is 0 Å². The zero-order chi connectivity index (χ0) is 28.1. The molecular weight excluding hydrogens is 520 g/mol. The quantitative estimate of drug-likeness (QED) is 0.331. The third kappa shape index (κ3) is 4.07. The van der Waals surface area contributed by atoms with Gasteiger partial charge in [0.15, 0.2) is 5.54 Å². The van der Waals surface area contributed by atoms with Crippen LogP contribution in [0.4, 0.5) is 5.69 Å². The number of benzene rings is 2. The van der Waals surface area contributed by atoms with Gasteiger partial charge in [-0.1, -0.05) is 36.8 Å². The largest absolute Gasteiger partial charge is 0.507 e. The normalized spacial score (nSPS) is 23.3. The molecule has 1 spiro atoms. The third-order valence-corrected chi connectivity index (χ3v) is 9.67.